The molecule has 2 N–H and O–H groups in total. The minimum Gasteiger partial charge on any atom is -0.456 e. The molecule has 0 radical (unpaired) electrons. The van der Waals surface area contributed by atoms with Crippen LogP contribution in [0.2, 0.25) is 0 Å². The normalized spacial score (nSPS) is 10.2. The van der Waals surface area contributed by atoms with Crippen molar-refractivity contribution in [2.75, 3.05) is 17.2 Å². The number of hydrogen-bond donors (Lipinski definition) is 2. The second-order valence-corrected chi connectivity index (χ2v) is 6.47. The number of ether oxygens (including phenoxy) is 1. The average Bonchev–Trinajstić information content (AvgIpc) is 2.73. The Morgan fingerprint density at radius 2 is 1.67 bits per heavy atom. The van der Waals surface area contributed by atoms with Crippen LogP contribution in [0.1, 0.15) is 31.7 Å². The number of nitro groups is 1. The van der Waals surface area contributed by atoms with Crippen LogP contribution in [0.4, 0.5) is 17.1 Å². The number of hydrogen-bond acceptors (Lipinski definition) is 6. The Bertz CT molecular complexity index is 911. The molecule has 9 nitrogen and oxygen atoms in total. The lowest BCUT2D eigenvalue weighted by Crippen LogP contribution is -2.21. The molecule has 0 bridgehead atoms. The lowest BCUT2D eigenvalue weighted by Gasteiger charge is -2.08. The molecule has 30 heavy (non-hydrogen) atoms. The van der Waals surface area contributed by atoms with Gasteiger partial charge < -0.3 is 15.4 Å². The molecule has 0 saturated carbocycles. The summed E-state index contributed by atoms with van der Waals surface area (Å²) in [4.78, 5) is 45.6. The molecule has 2 aromatic rings. The van der Waals surface area contributed by atoms with Gasteiger partial charge in [-0.3, -0.25) is 24.5 Å². The molecule has 158 valence electrons. The van der Waals surface area contributed by atoms with Crippen molar-refractivity contribution in [2.24, 2.45) is 0 Å². The summed E-state index contributed by atoms with van der Waals surface area (Å²) in [5.41, 5.74) is 1.94. The zero-order valence-corrected chi connectivity index (χ0v) is 16.6. The fourth-order valence-electron chi connectivity index (χ4n) is 2.55. The zero-order chi connectivity index (χ0) is 21.9. The zero-order valence-electron chi connectivity index (χ0n) is 16.6. The third kappa shape index (κ3) is 7.70. The van der Waals surface area contributed by atoms with Crippen molar-refractivity contribution in [3.05, 3.63) is 64.2 Å². The minimum absolute atomic E-state index is 0.0269. The van der Waals surface area contributed by atoms with Gasteiger partial charge in [0.2, 0.25) is 5.91 Å². The standard InChI is InChI=1S/C21H23N3O6/c1-2-15-9-11-16(12-10-15)22-20(26)14-30-21(27)8-4-7-19(25)23-17-5-3-6-18(13-17)24(28)29/h3,5-6,9-13H,2,4,7-8,14H2,1H3,(H,22,26)(H,23,25). The van der Waals surface area contributed by atoms with E-state index in [0.29, 0.717) is 11.4 Å². The van der Waals surface area contributed by atoms with Gasteiger partial charge in [0.25, 0.3) is 11.6 Å². The first-order chi connectivity index (χ1) is 14.4. The summed E-state index contributed by atoms with van der Waals surface area (Å²) in [7, 11) is 0. The highest BCUT2D eigenvalue weighted by molar-refractivity contribution is 5.93. The maximum Gasteiger partial charge on any atom is 0.306 e. The maximum atomic E-state index is 11.9. The Labute approximate surface area is 173 Å². The SMILES string of the molecule is CCc1ccc(NC(=O)COC(=O)CCCC(=O)Nc2cccc([N+](=O)[O-])c2)cc1. The number of carbonyl (C=O) groups excluding carboxylic acids is 3. The van der Waals surface area contributed by atoms with E-state index in [2.05, 4.69) is 10.6 Å². The van der Waals surface area contributed by atoms with Gasteiger partial charge in [0.05, 0.1) is 4.92 Å². The number of nitrogens with zero attached hydrogens (tertiary/aromatic N) is 1. The van der Waals surface area contributed by atoms with E-state index in [1.165, 1.54) is 24.3 Å². The topological polar surface area (TPSA) is 128 Å². The van der Waals surface area contributed by atoms with Crippen LogP contribution in [0, 0.1) is 10.1 Å². The Balaban J connectivity index is 1.65. The van der Waals surface area contributed by atoms with Gasteiger partial charge in [-0.2, -0.15) is 0 Å². The molecule has 0 aromatic heterocycles. The van der Waals surface area contributed by atoms with Gasteiger partial charge in [-0.1, -0.05) is 25.1 Å². The lowest BCUT2D eigenvalue weighted by molar-refractivity contribution is -0.384. The minimum atomic E-state index is -0.588. The first-order valence-corrected chi connectivity index (χ1v) is 9.46. The van der Waals surface area contributed by atoms with Crippen molar-refractivity contribution in [1.82, 2.24) is 0 Å². The first kappa shape index (κ1) is 22.5. The van der Waals surface area contributed by atoms with Crippen LogP contribution in [0.15, 0.2) is 48.5 Å². The molecule has 2 amide bonds. The van der Waals surface area contributed by atoms with Crippen LogP contribution in [-0.2, 0) is 25.5 Å². The average molecular weight is 413 g/mol. The van der Waals surface area contributed by atoms with E-state index in [1.807, 2.05) is 19.1 Å². The number of amides is 2. The Morgan fingerprint density at radius 3 is 2.33 bits per heavy atom. The molecule has 0 aliphatic heterocycles. The number of benzene rings is 2. The van der Waals surface area contributed by atoms with E-state index in [-0.39, 0.29) is 30.9 Å². The molecule has 0 fully saturated rings. The van der Waals surface area contributed by atoms with Crippen molar-refractivity contribution in [3.8, 4) is 0 Å². The van der Waals surface area contributed by atoms with Crippen molar-refractivity contribution in [2.45, 2.75) is 32.6 Å². The predicted molar refractivity (Wildman–Crippen MR) is 111 cm³/mol. The van der Waals surface area contributed by atoms with Crippen LogP contribution in [0.5, 0.6) is 0 Å². The monoisotopic (exact) mass is 413 g/mol. The number of anilines is 2. The van der Waals surface area contributed by atoms with Crippen LogP contribution in [0.3, 0.4) is 0 Å². The molecular formula is C21H23N3O6. The number of carbonyl (C=O) groups is 3. The summed E-state index contributed by atoms with van der Waals surface area (Å²) in [5.74, 6) is -1.41. The second-order valence-electron chi connectivity index (χ2n) is 6.47. The fourth-order valence-corrected chi connectivity index (χ4v) is 2.55. The summed E-state index contributed by atoms with van der Waals surface area (Å²) >= 11 is 0. The third-order valence-corrected chi connectivity index (χ3v) is 4.14. The predicted octanol–water partition coefficient (Wildman–Crippen LogP) is 3.45. The van der Waals surface area contributed by atoms with Crippen molar-refractivity contribution in [3.63, 3.8) is 0 Å². The maximum absolute atomic E-state index is 11.9. The number of rotatable bonds is 10. The molecule has 0 spiro atoms. The highest BCUT2D eigenvalue weighted by atomic mass is 16.6. The van der Waals surface area contributed by atoms with Gasteiger partial charge in [0, 0.05) is 36.3 Å². The molecule has 9 heteroatoms. The molecule has 2 aromatic carbocycles. The van der Waals surface area contributed by atoms with E-state index >= 15 is 0 Å². The van der Waals surface area contributed by atoms with Gasteiger partial charge in [-0.25, -0.2) is 0 Å². The van der Waals surface area contributed by atoms with Crippen LogP contribution >= 0.6 is 0 Å². The molecule has 2 rings (SSSR count). The Hall–Kier alpha value is -3.75. The van der Waals surface area contributed by atoms with Gasteiger partial charge in [0.1, 0.15) is 0 Å². The highest BCUT2D eigenvalue weighted by Crippen LogP contribution is 2.17. The van der Waals surface area contributed by atoms with E-state index < -0.39 is 23.4 Å². The lowest BCUT2D eigenvalue weighted by atomic mass is 10.1. The molecule has 0 aliphatic rings. The fraction of sp³-hybridized carbons (Fsp3) is 0.286. The Kier molecular flexibility index (Phi) is 8.49. The van der Waals surface area contributed by atoms with Crippen molar-refractivity contribution in [1.29, 1.82) is 0 Å². The summed E-state index contributed by atoms with van der Waals surface area (Å²) < 4.78 is 4.91. The van der Waals surface area contributed by atoms with Crippen molar-refractivity contribution >= 4 is 34.8 Å². The summed E-state index contributed by atoms with van der Waals surface area (Å²) in [5, 5.41) is 15.9. The molecule has 0 saturated heterocycles. The van der Waals surface area contributed by atoms with Gasteiger partial charge >= 0.3 is 5.97 Å². The number of nitrogens with one attached hydrogen (secondary N) is 2. The summed E-state index contributed by atoms with van der Waals surface area (Å²) in [6.45, 7) is 1.62. The van der Waals surface area contributed by atoms with Crippen LogP contribution < -0.4 is 10.6 Å². The number of aryl methyl sites for hydroxylation is 1. The summed E-state index contributed by atoms with van der Waals surface area (Å²) in [6.07, 6.45) is 1.13. The summed E-state index contributed by atoms with van der Waals surface area (Å²) in [6, 6.07) is 12.9. The second kappa shape index (κ2) is 11.3. The first-order valence-electron chi connectivity index (χ1n) is 9.46. The largest absolute Gasteiger partial charge is 0.456 e. The molecule has 0 atom stereocenters. The molecular weight excluding hydrogens is 390 g/mol. The number of nitro benzene ring substituents is 1. The Morgan fingerprint density at radius 1 is 0.967 bits per heavy atom. The van der Waals surface area contributed by atoms with Gasteiger partial charge in [-0.05, 0) is 36.6 Å². The third-order valence-electron chi connectivity index (χ3n) is 4.14. The van der Waals surface area contributed by atoms with E-state index in [4.69, 9.17) is 4.74 Å². The molecule has 0 aliphatic carbocycles. The number of non-ortho nitro benzene ring substituents is 1. The van der Waals surface area contributed by atoms with Crippen LogP contribution in [-0.4, -0.2) is 29.3 Å². The van der Waals surface area contributed by atoms with E-state index in [9.17, 15) is 24.5 Å². The van der Waals surface area contributed by atoms with Gasteiger partial charge in [-0.15, -0.1) is 0 Å². The number of esters is 1. The molecule has 0 unspecified atom stereocenters. The quantitative estimate of drug-likeness (QED) is 0.349. The van der Waals surface area contributed by atoms with Crippen LogP contribution in [0.25, 0.3) is 0 Å². The molecule has 0 heterocycles. The van der Waals surface area contributed by atoms with E-state index in [0.717, 1.165) is 12.0 Å². The smallest absolute Gasteiger partial charge is 0.306 e. The van der Waals surface area contributed by atoms with Gasteiger partial charge in [0.15, 0.2) is 6.61 Å². The van der Waals surface area contributed by atoms with Crippen molar-refractivity contribution < 1.29 is 24.0 Å². The highest BCUT2D eigenvalue weighted by Gasteiger charge is 2.11. The van der Waals surface area contributed by atoms with E-state index in [1.54, 1.807) is 12.1 Å².